The Morgan fingerprint density at radius 1 is 1.44 bits per heavy atom. The van der Waals surface area contributed by atoms with Gasteiger partial charge in [-0.2, -0.15) is 0 Å². The molecule has 1 saturated heterocycles. The third kappa shape index (κ3) is 2.81. The van der Waals surface area contributed by atoms with Crippen molar-refractivity contribution in [1.82, 2.24) is 9.97 Å². The summed E-state index contributed by atoms with van der Waals surface area (Å²) in [7, 11) is 0. The highest BCUT2D eigenvalue weighted by atomic mass is 35.5. The van der Waals surface area contributed by atoms with E-state index in [4.69, 9.17) is 23.1 Å². The molecule has 2 rings (SSSR count). The smallest absolute Gasteiger partial charge is 0.217 e. The molecule has 0 spiro atoms. The number of rotatable bonds is 3. The van der Waals surface area contributed by atoms with Gasteiger partial charge < -0.3 is 16.4 Å². The van der Waals surface area contributed by atoms with Gasteiger partial charge >= 0.3 is 0 Å². The topological polar surface area (TPSA) is 98.1 Å². The molecule has 2 heterocycles. The molecule has 0 bridgehead atoms. The molecule has 0 radical (unpaired) electrons. The molecule has 1 fully saturated rings. The van der Waals surface area contributed by atoms with E-state index in [0.717, 1.165) is 25.9 Å². The van der Waals surface area contributed by atoms with Gasteiger partial charge in [0, 0.05) is 19.5 Å². The van der Waals surface area contributed by atoms with Gasteiger partial charge in [0.05, 0.1) is 0 Å². The molecule has 7 heteroatoms. The van der Waals surface area contributed by atoms with Crippen LogP contribution in [0.1, 0.15) is 19.3 Å². The second-order valence-corrected chi connectivity index (χ2v) is 4.86. The third-order valence-corrected chi connectivity index (χ3v) is 3.52. The Hall–Kier alpha value is -1.56. The second kappa shape index (κ2) is 5.39. The molecule has 0 unspecified atom stereocenters. The van der Waals surface area contributed by atoms with Gasteiger partial charge in [-0.05, 0) is 18.8 Å². The van der Waals surface area contributed by atoms with Crippen molar-refractivity contribution in [3.63, 3.8) is 0 Å². The fourth-order valence-corrected chi connectivity index (χ4v) is 2.38. The predicted molar refractivity (Wildman–Crippen MR) is 70.2 cm³/mol. The predicted octanol–water partition coefficient (Wildman–Crippen LogP) is 0.804. The van der Waals surface area contributed by atoms with Crippen LogP contribution >= 0.6 is 11.6 Å². The minimum Gasteiger partial charge on any atom is -0.393 e. The molecule has 6 nitrogen and oxygen atoms in total. The molecule has 18 heavy (non-hydrogen) atoms. The second-order valence-electron chi connectivity index (χ2n) is 4.50. The van der Waals surface area contributed by atoms with Crippen LogP contribution in [0.15, 0.2) is 6.33 Å². The Kier molecular flexibility index (Phi) is 3.86. The largest absolute Gasteiger partial charge is 0.393 e. The lowest BCUT2D eigenvalue weighted by atomic mass is 9.93. The first kappa shape index (κ1) is 12.9. The summed E-state index contributed by atoms with van der Waals surface area (Å²) in [5, 5.41) is 0.277. The summed E-state index contributed by atoms with van der Waals surface area (Å²) >= 11 is 5.87. The Balaban J connectivity index is 2.01. The SMILES string of the molecule is NC(=O)CC1CCN(c2ncnc(Cl)c2N)CC1. The van der Waals surface area contributed by atoms with Crippen molar-refractivity contribution in [2.24, 2.45) is 11.7 Å². The number of nitrogen functional groups attached to an aromatic ring is 1. The number of nitrogens with zero attached hydrogens (tertiary/aromatic N) is 3. The fraction of sp³-hybridized carbons (Fsp3) is 0.545. The van der Waals surface area contributed by atoms with E-state index in [9.17, 15) is 4.79 Å². The number of anilines is 2. The van der Waals surface area contributed by atoms with E-state index >= 15 is 0 Å². The lowest BCUT2D eigenvalue weighted by Crippen LogP contribution is -2.36. The van der Waals surface area contributed by atoms with Crippen LogP contribution in [0.3, 0.4) is 0 Å². The maximum absolute atomic E-state index is 10.9. The summed E-state index contributed by atoms with van der Waals surface area (Å²) in [6, 6.07) is 0. The average molecular weight is 270 g/mol. The zero-order chi connectivity index (χ0) is 13.1. The Labute approximate surface area is 110 Å². The highest BCUT2D eigenvalue weighted by molar-refractivity contribution is 6.32. The molecule has 1 aliphatic heterocycles. The molecule has 1 aliphatic rings. The number of amides is 1. The van der Waals surface area contributed by atoms with Crippen LogP contribution in [0.5, 0.6) is 0 Å². The molecular weight excluding hydrogens is 254 g/mol. The number of primary amides is 1. The van der Waals surface area contributed by atoms with E-state index in [1.54, 1.807) is 0 Å². The maximum Gasteiger partial charge on any atom is 0.217 e. The van der Waals surface area contributed by atoms with Crippen molar-refractivity contribution in [3.05, 3.63) is 11.5 Å². The molecule has 0 saturated carbocycles. The lowest BCUT2D eigenvalue weighted by molar-refractivity contribution is -0.119. The Bertz CT molecular complexity index is 445. The first-order chi connectivity index (χ1) is 8.58. The van der Waals surface area contributed by atoms with Crippen LogP contribution in [0.4, 0.5) is 11.5 Å². The molecule has 98 valence electrons. The van der Waals surface area contributed by atoms with E-state index < -0.39 is 0 Å². The fourth-order valence-electron chi connectivity index (χ4n) is 2.25. The summed E-state index contributed by atoms with van der Waals surface area (Å²) in [4.78, 5) is 20.9. The van der Waals surface area contributed by atoms with Gasteiger partial charge in [-0.15, -0.1) is 0 Å². The number of hydrogen-bond acceptors (Lipinski definition) is 5. The molecule has 4 N–H and O–H groups in total. The van der Waals surface area contributed by atoms with Gasteiger partial charge in [0.25, 0.3) is 0 Å². The summed E-state index contributed by atoms with van der Waals surface area (Å²) < 4.78 is 0. The van der Waals surface area contributed by atoms with Crippen LogP contribution in [0.25, 0.3) is 0 Å². The van der Waals surface area contributed by atoms with Crippen LogP contribution in [0.2, 0.25) is 5.15 Å². The Morgan fingerprint density at radius 3 is 2.72 bits per heavy atom. The van der Waals surface area contributed by atoms with Crippen molar-refractivity contribution < 1.29 is 4.79 Å². The molecular formula is C11H16ClN5O. The summed E-state index contributed by atoms with van der Waals surface area (Å²) in [6.07, 6.45) is 3.67. The van der Waals surface area contributed by atoms with Crippen LogP contribution in [-0.2, 0) is 4.79 Å². The monoisotopic (exact) mass is 269 g/mol. The first-order valence-corrected chi connectivity index (χ1v) is 6.25. The van der Waals surface area contributed by atoms with Crippen LogP contribution in [0, 0.1) is 5.92 Å². The maximum atomic E-state index is 10.9. The molecule has 1 amide bonds. The average Bonchev–Trinajstić information content (AvgIpc) is 2.33. The third-order valence-electron chi connectivity index (χ3n) is 3.22. The number of piperidine rings is 1. The van der Waals surface area contributed by atoms with E-state index in [1.165, 1.54) is 6.33 Å². The minimum absolute atomic E-state index is 0.238. The normalized spacial score (nSPS) is 16.8. The molecule has 0 atom stereocenters. The van der Waals surface area contributed by atoms with E-state index in [1.807, 2.05) is 0 Å². The van der Waals surface area contributed by atoms with Crippen molar-refractivity contribution >= 4 is 29.0 Å². The van der Waals surface area contributed by atoms with Gasteiger partial charge in [0.1, 0.15) is 12.0 Å². The summed E-state index contributed by atoms with van der Waals surface area (Å²) in [5.41, 5.74) is 11.5. The number of aromatic nitrogens is 2. The molecule has 1 aromatic rings. The number of carbonyl (C=O) groups is 1. The molecule has 0 aromatic carbocycles. The lowest BCUT2D eigenvalue weighted by Gasteiger charge is -2.32. The minimum atomic E-state index is -0.238. The van der Waals surface area contributed by atoms with Crippen molar-refractivity contribution in [2.75, 3.05) is 23.7 Å². The van der Waals surface area contributed by atoms with E-state index in [0.29, 0.717) is 23.8 Å². The van der Waals surface area contributed by atoms with Crippen molar-refractivity contribution in [3.8, 4) is 0 Å². The van der Waals surface area contributed by atoms with Crippen LogP contribution < -0.4 is 16.4 Å². The molecule has 1 aromatic heterocycles. The van der Waals surface area contributed by atoms with Crippen molar-refractivity contribution in [1.29, 1.82) is 0 Å². The Morgan fingerprint density at radius 2 is 2.11 bits per heavy atom. The van der Waals surface area contributed by atoms with E-state index in [2.05, 4.69) is 14.9 Å². The van der Waals surface area contributed by atoms with Gasteiger partial charge in [0.2, 0.25) is 5.91 Å². The number of carbonyl (C=O) groups excluding carboxylic acids is 1. The van der Waals surface area contributed by atoms with Gasteiger partial charge in [-0.1, -0.05) is 11.6 Å². The van der Waals surface area contributed by atoms with Gasteiger partial charge in [-0.25, -0.2) is 9.97 Å². The zero-order valence-electron chi connectivity index (χ0n) is 9.97. The molecule has 0 aliphatic carbocycles. The van der Waals surface area contributed by atoms with Gasteiger partial charge in [-0.3, -0.25) is 4.79 Å². The first-order valence-electron chi connectivity index (χ1n) is 5.87. The summed E-state index contributed by atoms with van der Waals surface area (Å²) in [6.45, 7) is 1.60. The standard InChI is InChI=1S/C11H16ClN5O/c12-10-9(14)11(16-6-15-10)17-3-1-7(2-4-17)5-8(13)18/h6-7H,1-5,14H2,(H2,13,18). The number of nitrogens with two attached hydrogens (primary N) is 2. The summed E-state index contributed by atoms with van der Waals surface area (Å²) in [5.74, 6) is 0.794. The van der Waals surface area contributed by atoms with Gasteiger partial charge in [0.15, 0.2) is 11.0 Å². The van der Waals surface area contributed by atoms with Crippen molar-refractivity contribution in [2.45, 2.75) is 19.3 Å². The quantitative estimate of drug-likeness (QED) is 0.791. The van der Waals surface area contributed by atoms with E-state index in [-0.39, 0.29) is 11.1 Å². The number of halogens is 1. The zero-order valence-corrected chi connectivity index (χ0v) is 10.7. The van der Waals surface area contributed by atoms with Crippen LogP contribution in [-0.4, -0.2) is 29.0 Å². The highest BCUT2D eigenvalue weighted by Gasteiger charge is 2.23. The number of hydrogen-bond donors (Lipinski definition) is 2. The highest BCUT2D eigenvalue weighted by Crippen LogP contribution is 2.29.